The summed E-state index contributed by atoms with van der Waals surface area (Å²) in [5.74, 6) is 0.591. The molecule has 0 heterocycles. The Hall–Kier alpha value is -1.77. The van der Waals surface area contributed by atoms with Crippen molar-refractivity contribution in [2.24, 2.45) is 0 Å². The molecule has 1 aliphatic rings. The highest BCUT2D eigenvalue weighted by Gasteiger charge is 2.18. The van der Waals surface area contributed by atoms with Crippen molar-refractivity contribution in [1.29, 1.82) is 0 Å². The minimum atomic E-state index is -0.261. The molecule has 0 aliphatic heterocycles. The molecule has 2 rings (SSSR count). The maximum Gasteiger partial charge on any atom is 0.307 e. The zero-order valence-electron chi connectivity index (χ0n) is 10.6. The van der Waals surface area contributed by atoms with Crippen LogP contribution in [0, 0.1) is 0 Å². The maximum atomic E-state index is 10.7. The lowest BCUT2D eigenvalue weighted by atomic mass is 9.82. The van der Waals surface area contributed by atoms with E-state index in [1.54, 1.807) is 18.4 Å². The summed E-state index contributed by atoms with van der Waals surface area (Å²) >= 11 is 0. The van der Waals surface area contributed by atoms with Gasteiger partial charge in [-0.2, -0.15) is 0 Å². The minimum Gasteiger partial charge on any atom is -0.508 e. The molecule has 1 aliphatic carbocycles. The summed E-state index contributed by atoms with van der Waals surface area (Å²) < 4.78 is 4.90. The molecule has 0 saturated heterocycles. The Kier molecular flexibility index (Phi) is 4.03. The number of rotatable bonds is 2. The van der Waals surface area contributed by atoms with Gasteiger partial charge in [-0.25, -0.2) is 0 Å². The van der Waals surface area contributed by atoms with Crippen molar-refractivity contribution in [3.8, 4) is 5.75 Å². The summed E-state index contributed by atoms with van der Waals surface area (Å²) in [5.41, 5.74) is 2.49. The molecule has 1 saturated carbocycles. The van der Waals surface area contributed by atoms with E-state index >= 15 is 0 Å². The quantitative estimate of drug-likeness (QED) is 0.641. The lowest BCUT2D eigenvalue weighted by molar-refractivity contribution is -0.135. The molecule has 1 aromatic rings. The van der Waals surface area contributed by atoms with E-state index in [9.17, 15) is 9.90 Å². The van der Waals surface area contributed by atoms with Crippen LogP contribution in [0.15, 0.2) is 36.1 Å². The van der Waals surface area contributed by atoms with E-state index in [0.29, 0.717) is 11.7 Å². The second-order valence-electron chi connectivity index (χ2n) is 4.75. The highest BCUT2D eigenvalue weighted by molar-refractivity contribution is 5.66. The number of ether oxygens (including phenoxy) is 1. The monoisotopic (exact) mass is 246 g/mol. The summed E-state index contributed by atoms with van der Waals surface area (Å²) in [6.45, 7) is 1.42. The molecule has 96 valence electrons. The fourth-order valence-corrected chi connectivity index (χ4v) is 2.35. The van der Waals surface area contributed by atoms with Gasteiger partial charge in [-0.05, 0) is 54.9 Å². The van der Waals surface area contributed by atoms with Crippen molar-refractivity contribution in [3.05, 3.63) is 41.7 Å². The third-order valence-electron chi connectivity index (χ3n) is 3.38. The zero-order valence-corrected chi connectivity index (χ0v) is 10.6. The normalized spacial score (nSPS) is 19.4. The average molecular weight is 246 g/mol. The van der Waals surface area contributed by atoms with Crippen LogP contribution in [0.25, 0.3) is 0 Å². The van der Waals surface area contributed by atoms with Gasteiger partial charge >= 0.3 is 5.97 Å². The van der Waals surface area contributed by atoms with Crippen LogP contribution in [-0.4, -0.2) is 11.1 Å². The van der Waals surface area contributed by atoms with Crippen LogP contribution in [0.2, 0.25) is 0 Å². The SMILES string of the molecule is CC(=O)OC=C1CCC(c2ccc(O)cc2)CC1. The van der Waals surface area contributed by atoms with Gasteiger partial charge in [0.15, 0.2) is 0 Å². The number of benzene rings is 1. The Morgan fingerprint density at radius 3 is 2.44 bits per heavy atom. The van der Waals surface area contributed by atoms with E-state index in [2.05, 4.69) is 0 Å². The Balaban J connectivity index is 1.92. The fourth-order valence-electron chi connectivity index (χ4n) is 2.35. The Bertz CT molecular complexity index is 435. The molecule has 0 spiro atoms. The number of phenols is 1. The standard InChI is InChI=1S/C15H18O3/c1-11(16)18-10-12-2-4-13(5-3-12)14-6-8-15(17)9-7-14/h6-10,13,17H,2-5H2,1H3. The van der Waals surface area contributed by atoms with Crippen molar-refractivity contribution in [2.75, 3.05) is 0 Å². The first-order valence-electron chi connectivity index (χ1n) is 6.29. The number of aromatic hydroxyl groups is 1. The molecule has 3 heteroatoms. The fraction of sp³-hybridized carbons (Fsp3) is 0.400. The molecule has 0 unspecified atom stereocenters. The molecule has 1 N–H and O–H groups in total. The van der Waals surface area contributed by atoms with Crippen LogP contribution >= 0.6 is 0 Å². The molecular weight excluding hydrogens is 228 g/mol. The Morgan fingerprint density at radius 2 is 1.89 bits per heavy atom. The second kappa shape index (κ2) is 5.71. The highest BCUT2D eigenvalue weighted by atomic mass is 16.5. The predicted molar refractivity (Wildman–Crippen MR) is 69.2 cm³/mol. The van der Waals surface area contributed by atoms with Gasteiger partial charge in [0, 0.05) is 6.92 Å². The molecule has 1 fully saturated rings. The van der Waals surface area contributed by atoms with Gasteiger partial charge in [0.25, 0.3) is 0 Å². The van der Waals surface area contributed by atoms with Crippen LogP contribution in [0.1, 0.15) is 44.1 Å². The van der Waals surface area contributed by atoms with Gasteiger partial charge in [-0.1, -0.05) is 12.1 Å². The molecule has 18 heavy (non-hydrogen) atoms. The third kappa shape index (κ3) is 3.36. The van der Waals surface area contributed by atoms with Gasteiger partial charge in [-0.3, -0.25) is 4.79 Å². The average Bonchev–Trinajstić information content (AvgIpc) is 2.38. The molecule has 0 radical (unpaired) electrons. The largest absolute Gasteiger partial charge is 0.508 e. The lowest BCUT2D eigenvalue weighted by Gasteiger charge is -2.24. The van der Waals surface area contributed by atoms with Crippen molar-refractivity contribution < 1.29 is 14.6 Å². The van der Waals surface area contributed by atoms with Crippen molar-refractivity contribution in [2.45, 2.75) is 38.5 Å². The Labute approximate surface area is 107 Å². The number of carbonyl (C=O) groups excluding carboxylic acids is 1. The molecule has 0 aromatic heterocycles. The van der Waals surface area contributed by atoms with E-state index in [-0.39, 0.29) is 5.97 Å². The van der Waals surface area contributed by atoms with E-state index in [0.717, 1.165) is 25.7 Å². The summed E-state index contributed by atoms with van der Waals surface area (Å²) in [7, 11) is 0. The molecule has 0 atom stereocenters. The Morgan fingerprint density at radius 1 is 1.28 bits per heavy atom. The molecule has 1 aromatic carbocycles. The number of carbonyl (C=O) groups is 1. The van der Waals surface area contributed by atoms with Gasteiger partial charge in [0.2, 0.25) is 0 Å². The van der Waals surface area contributed by atoms with Crippen LogP contribution < -0.4 is 0 Å². The smallest absolute Gasteiger partial charge is 0.307 e. The van der Waals surface area contributed by atoms with Gasteiger partial charge in [0.05, 0.1) is 6.26 Å². The van der Waals surface area contributed by atoms with Crippen LogP contribution in [-0.2, 0) is 9.53 Å². The zero-order chi connectivity index (χ0) is 13.0. The van der Waals surface area contributed by atoms with Crippen molar-refractivity contribution in [1.82, 2.24) is 0 Å². The molecule has 0 bridgehead atoms. The van der Waals surface area contributed by atoms with Gasteiger partial charge in [-0.15, -0.1) is 0 Å². The number of hydrogen-bond donors (Lipinski definition) is 1. The van der Waals surface area contributed by atoms with E-state index in [1.165, 1.54) is 18.1 Å². The lowest BCUT2D eigenvalue weighted by Crippen LogP contribution is -2.07. The van der Waals surface area contributed by atoms with E-state index in [4.69, 9.17) is 4.74 Å². The van der Waals surface area contributed by atoms with Crippen molar-refractivity contribution in [3.63, 3.8) is 0 Å². The third-order valence-corrected chi connectivity index (χ3v) is 3.38. The van der Waals surface area contributed by atoms with Gasteiger partial charge in [0.1, 0.15) is 5.75 Å². The summed E-state index contributed by atoms with van der Waals surface area (Å²) in [5, 5.41) is 9.26. The van der Waals surface area contributed by atoms with Crippen LogP contribution in [0.3, 0.4) is 0 Å². The number of allylic oxidation sites excluding steroid dienone is 1. The number of phenolic OH excluding ortho intramolecular Hbond substituents is 1. The first-order valence-corrected chi connectivity index (χ1v) is 6.29. The maximum absolute atomic E-state index is 10.7. The number of hydrogen-bond acceptors (Lipinski definition) is 3. The molecular formula is C15H18O3. The first-order chi connectivity index (χ1) is 8.65. The topological polar surface area (TPSA) is 46.5 Å². The first kappa shape index (κ1) is 12.7. The van der Waals surface area contributed by atoms with Crippen molar-refractivity contribution >= 4 is 5.97 Å². The molecule has 0 amide bonds. The van der Waals surface area contributed by atoms with Gasteiger partial charge < -0.3 is 9.84 Å². The highest BCUT2D eigenvalue weighted by Crippen LogP contribution is 2.35. The van der Waals surface area contributed by atoms with E-state index < -0.39 is 0 Å². The van der Waals surface area contributed by atoms with E-state index in [1.807, 2.05) is 12.1 Å². The van der Waals surface area contributed by atoms with Crippen LogP contribution in [0.5, 0.6) is 5.75 Å². The second-order valence-corrected chi connectivity index (χ2v) is 4.75. The molecule has 3 nitrogen and oxygen atoms in total. The summed E-state index contributed by atoms with van der Waals surface area (Å²) in [6.07, 6.45) is 5.68. The summed E-state index contributed by atoms with van der Waals surface area (Å²) in [4.78, 5) is 10.7. The minimum absolute atomic E-state index is 0.261. The summed E-state index contributed by atoms with van der Waals surface area (Å²) in [6, 6.07) is 7.45. The predicted octanol–water partition coefficient (Wildman–Crippen LogP) is 3.50. The van der Waals surface area contributed by atoms with Crippen LogP contribution in [0.4, 0.5) is 0 Å². The number of esters is 1.